The lowest BCUT2D eigenvalue weighted by Crippen LogP contribution is -1.87. The van der Waals surface area contributed by atoms with Gasteiger partial charge in [0, 0.05) is 28.2 Å². The Morgan fingerprint density at radius 1 is 1.35 bits per heavy atom. The highest BCUT2D eigenvalue weighted by Crippen LogP contribution is 2.28. The second-order valence-corrected chi connectivity index (χ2v) is 6.69. The Bertz CT molecular complexity index is 822. The van der Waals surface area contributed by atoms with Gasteiger partial charge in [0.2, 0.25) is 0 Å². The molecule has 0 bridgehead atoms. The zero-order valence-corrected chi connectivity index (χ0v) is 14.7. The van der Waals surface area contributed by atoms with Gasteiger partial charge < -0.3 is 0 Å². The maximum absolute atomic E-state index is 8.85. The van der Waals surface area contributed by atoms with Gasteiger partial charge in [-0.3, -0.25) is 4.99 Å². The number of hydrogen-bond donors (Lipinski definition) is 0. The van der Waals surface area contributed by atoms with E-state index in [-0.39, 0.29) is 0 Å². The molecule has 0 saturated carbocycles. The topological polar surface area (TPSA) is 36.1 Å². The van der Waals surface area contributed by atoms with Crippen molar-refractivity contribution in [3.8, 4) is 6.07 Å². The Morgan fingerprint density at radius 2 is 2.13 bits per heavy atom. The molecule has 1 aromatic carbocycles. The molecule has 23 heavy (non-hydrogen) atoms. The Kier molecular flexibility index (Phi) is 5.92. The molecule has 1 heterocycles. The highest BCUT2D eigenvalue weighted by atomic mass is 35.5. The van der Waals surface area contributed by atoms with Crippen molar-refractivity contribution in [3.63, 3.8) is 0 Å². The van der Waals surface area contributed by atoms with Crippen molar-refractivity contribution in [2.45, 2.75) is 13.3 Å². The van der Waals surface area contributed by atoms with Gasteiger partial charge in [-0.15, -0.1) is 11.3 Å². The van der Waals surface area contributed by atoms with Crippen molar-refractivity contribution >= 4 is 34.2 Å². The summed E-state index contributed by atoms with van der Waals surface area (Å²) in [6, 6.07) is 12.2. The van der Waals surface area contributed by atoms with E-state index in [4.69, 9.17) is 16.9 Å². The van der Waals surface area contributed by atoms with Gasteiger partial charge in [-0.05, 0) is 42.3 Å². The lowest BCUT2D eigenvalue weighted by atomic mass is 10.1. The summed E-state index contributed by atoms with van der Waals surface area (Å²) in [5, 5.41) is 9.65. The van der Waals surface area contributed by atoms with Crippen LogP contribution in [0.2, 0.25) is 5.02 Å². The maximum atomic E-state index is 8.85. The van der Waals surface area contributed by atoms with Gasteiger partial charge in [-0.2, -0.15) is 5.26 Å². The predicted octanol–water partition coefficient (Wildman–Crippen LogP) is 5.46. The van der Waals surface area contributed by atoms with Crippen LogP contribution in [0.15, 0.2) is 54.1 Å². The van der Waals surface area contributed by atoms with Crippen LogP contribution >= 0.6 is 22.9 Å². The Balaban J connectivity index is 2.13. The number of aliphatic imine (C=N–C) groups is 1. The first-order valence-corrected chi connectivity index (χ1v) is 8.31. The molecule has 2 nitrogen and oxygen atoms in total. The Hall–Kier alpha value is -2.15. The van der Waals surface area contributed by atoms with Crippen LogP contribution < -0.4 is 0 Å². The van der Waals surface area contributed by atoms with E-state index in [2.05, 4.69) is 30.6 Å². The van der Waals surface area contributed by atoms with E-state index in [1.54, 1.807) is 24.5 Å². The zero-order valence-electron chi connectivity index (χ0n) is 13.1. The van der Waals surface area contributed by atoms with Crippen LogP contribution in [-0.4, -0.2) is 12.8 Å². The second-order valence-electron chi connectivity index (χ2n) is 5.12. The van der Waals surface area contributed by atoms with Gasteiger partial charge in [0.05, 0.1) is 0 Å². The molecule has 1 aromatic heterocycles. The summed E-state index contributed by atoms with van der Waals surface area (Å²) in [6.07, 6.45) is 4.31. The van der Waals surface area contributed by atoms with Gasteiger partial charge in [-0.1, -0.05) is 42.0 Å². The third-order valence-corrected chi connectivity index (χ3v) is 4.87. The number of thiophene rings is 1. The third kappa shape index (κ3) is 4.66. The molecular weight excluding hydrogens is 324 g/mol. The van der Waals surface area contributed by atoms with Gasteiger partial charge in [0.15, 0.2) is 0 Å². The minimum absolute atomic E-state index is 0.384. The largest absolute Gasteiger partial charge is 0.278 e. The fraction of sp³-hybridized carbons (Fsp3) is 0.158. The van der Waals surface area contributed by atoms with Crippen molar-refractivity contribution in [2.75, 3.05) is 7.05 Å². The van der Waals surface area contributed by atoms with Crippen LogP contribution in [0.5, 0.6) is 0 Å². The summed E-state index contributed by atoms with van der Waals surface area (Å²) >= 11 is 7.95. The molecule has 0 aliphatic carbocycles. The van der Waals surface area contributed by atoms with Crippen molar-refractivity contribution in [2.24, 2.45) is 4.99 Å². The Morgan fingerprint density at radius 3 is 2.83 bits per heavy atom. The second kappa shape index (κ2) is 7.92. The van der Waals surface area contributed by atoms with Gasteiger partial charge in [0.25, 0.3) is 0 Å². The van der Waals surface area contributed by atoms with E-state index in [1.165, 1.54) is 10.4 Å². The van der Waals surface area contributed by atoms with Crippen molar-refractivity contribution in [3.05, 3.63) is 75.0 Å². The molecule has 0 atom stereocenters. The Labute approximate surface area is 146 Å². The number of allylic oxidation sites excluding steroid dienone is 3. The predicted molar refractivity (Wildman–Crippen MR) is 100 cm³/mol. The highest BCUT2D eigenvalue weighted by molar-refractivity contribution is 7.13. The summed E-state index contributed by atoms with van der Waals surface area (Å²) in [7, 11) is 1.60. The molecule has 0 unspecified atom stereocenters. The van der Waals surface area contributed by atoms with E-state index in [0.717, 1.165) is 27.5 Å². The van der Waals surface area contributed by atoms with Crippen LogP contribution in [0, 0.1) is 18.3 Å². The van der Waals surface area contributed by atoms with E-state index >= 15 is 0 Å². The first-order valence-electron chi connectivity index (χ1n) is 7.11. The van der Waals surface area contributed by atoms with Gasteiger partial charge in [0.1, 0.15) is 11.8 Å². The van der Waals surface area contributed by atoms with Crippen LogP contribution in [0.4, 0.5) is 0 Å². The quantitative estimate of drug-likeness (QED) is 0.525. The summed E-state index contributed by atoms with van der Waals surface area (Å²) < 4.78 is 0. The van der Waals surface area contributed by atoms with E-state index in [1.807, 2.05) is 30.3 Å². The molecule has 4 heteroatoms. The number of hydrogen-bond acceptors (Lipinski definition) is 3. The molecule has 0 saturated heterocycles. The molecule has 0 amide bonds. The van der Waals surface area contributed by atoms with Crippen LogP contribution in [0.3, 0.4) is 0 Å². The summed E-state index contributed by atoms with van der Waals surface area (Å²) in [6.45, 7) is 6.11. The minimum atomic E-state index is 0.384. The highest BCUT2D eigenvalue weighted by Gasteiger charge is 2.06. The number of rotatable bonds is 5. The SMILES string of the molecule is C=C(/C=C\C(C#N)=NC)c1ccc(Cc2cc(C)ccc2Cl)s1. The fourth-order valence-corrected chi connectivity index (χ4v) is 3.26. The van der Waals surface area contributed by atoms with E-state index in [0.29, 0.717) is 5.71 Å². The third-order valence-electron chi connectivity index (χ3n) is 3.34. The summed E-state index contributed by atoms with van der Waals surface area (Å²) in [4.78, 5) is 6.17. The normalized spacial score (nSPS) is 11.7. The van der Waals surface area contributed by atoms with Crippen molar-refractivity contribution in [1.29, 1.82) is 5.26 Å². The smallest absolute Gasteiger partial charge is 0.134 e. The molecular formula is C19H17ClN2S. The fourth-order valence-electron chi connectivity index (χ4n) is 2.10. The molecule has 116 valence electrons. The van der Waals surface area contributed by atoms with E-state index < -0.39 is 0 Å². The molecule has 2 rings (SSSR count). The first-order chi connectivity index (χ1) is 11.0. The van der Waals surface area contributed by atoms with Crippen LogP contribution in [0.1, 0.15) is 20.9 Å². The molecule has 0 aliphatic heterocycles. The maximum Gasteiger partial charge on any atom is 0.134 e. The lowest BCUT2D eigenvalue weighted by molar-refractivity contribution is 1.22. The van der Waals surface area contributed by atoms with Crippen molar-refractivity contribution in [1.82, 2.24) is 0 Å². The molecule has 0 spiro atoms. The standard InChI is InChI=1S/C19H17ClN2S/c1-13-4-8-18(20)15(10-13)11-17-7-9-19(23-17)14(2)5-6-16(12-21)22-3/h4-10H,2,11H2,1,3H3/b6-5-,22-16?. The number of halogens is 1. The molecule has 0 radical (unpaired) electrons. The molecule has 0 aliphatic rings. The molecule has 0 N–H and O–H groups in total. The van der Waals surface area contributed by atoms with Crippen molar-refractivity contribution < 1.29 is 0 Å². The number of aryl methyl sites for hydroxylation is 1. The molecule has 0 fully saturated rings. The van der Waals surface area contributed by atoms with E-state index in [9.17, 15) is 0 Å². The van der Waals surface area contributed by atoms with Gasteiger partial charge >= 0.3 is 0 Å². The summed E-state index contributed by atoms with van der Waals surface area (Å²) in [5.74, 6) is 0. The average molecular weight is 341 g/mol. The van der Waals surface area contributed by atoms with Crippen LogP contribution in [0.25, 0.3) is 5.57 Å². The average Bonchev–Trinajstić information content (AvgIpc) is 3.00. The van der Waals surface area contributed by atoms with Gasteiger partial charge in [-0.25, -0.2) is 0 Å². The minimum Gasteiger partial charge on any atom is -0.278 e. The number of benzene rings is 1. The first kappa shape index (κ1) is 17.2. The lowest BCUT2D eigenvalue weighted by Gasteiger charge is -2.04. The van der Waals surface area contributed by atoms with Crippen LogP contribution in [-0.2, 0) is 6.42 Å². The monoisotopic (exact) mass is 340 g/mol. The summed E-state index contributed by atoms with van der Waals surface area (Å²) in [5.41, 5.74) is 3.59. The number of nitriles is 1. The molecule has 2 aromatic rings. The number of nitrogens with zero attached hydrogens (tertiary/aromatic N) is 2. The zero-order chi connectivity index (χ0) is 16.8.